The Morgan fingerprint density at radius 3 is 2.74 bits per heavy atom. The number of hydrogen-bond donors (Lipinski definition) is 2. The third kappa shape index (κ3) is 3.68. The molecule has 1 aromatic carbocycles. The van der Waals surface area contributed by atoms with E-state index in [1.807, 2.05) is 38.1 Å². The quantitative estimate of drug-likeness (QED) is 0.906. The third-order valence-electron chi connectivity index (χ3n) is 3.70. The average Bonchev–Trinajstić information content (AvgIpc) is 2.89. The van der Waals surface area contributed by atoms with Crippen LogP contribution in [0.5, 0.6) is 0 Å². The van der Waals surface area contributed by atoms with Crippen molar-refractivity contribution in [3.8, 4) is 0 Å². The van der Waals surface area contributed by atoms with E-state index in [4.69, 9.17) is 4.74 Å². The average molecular weight is 332 g/mol. The number of nitrogens with zero attached hydrogens (tertiary/aromatic N) is 2. The van der Waals surface area contributed by atoms with Gasteiger partial charge in [-0.3, -0.25) is 5.10 Å². The van der Waals surface area contributed by atoms with Crippen LogP contribution in [0.2, 0.25) is 0 Å². The fourth-order valence-corrected chi connectivity index (χ4v) is 3.41. The molecular formula is C16H20N4O2S. The second kappa shape index (κ2) is 7.06. The maximum absolute atomic E-state index is 12.4. The summed E-state index contributed by atoms with van der Waals surface area (Å²) in [5, 5.41) is 10.2. The fourth-order valence-electron chi connectivity index (χ4n) is 2.42. The highest BCUT2D eigenvalue weighted by Gasteiger charge is 2.18. The molecule has 2 heterocycles. The van der Waals surface area contributed by atoms with Gasteiger partial charge in [0.25, 0.3) is 0 Å². The van der Waals surface area contributed by atoms with Crippen LogP contribution in [0.4, 0.5) is 10.5 Å². The van der Waals surface area contributed by atoms with E-state index in [2.05, 4.69) is 15.5 Å². The fraction of sp³-hybridized carbons (Fsp3) is 0.375. The Hall–Kier alpha value is -1.99. The topological polar surface area (TPSA) is 70.2 Å². The lowest BCUT2D eigenvalue weighted by atomic mass is 10.3. The molecule has 0 atom stereocenters. The first-order chi connectivity index (χ1) is 11.1. The molecule has 0 bridgehead atoms. The van der Waals surface area contributed by atoms with Crippen molar-refractivity contribution in [3.05, 3.63) is 35.7 Å². The third-order valence-corrected chi connectivity index (χ3v) is 5.08. The number of morpholine rings is 1. The van der Waals surface area contributed by atoms with Crippen LogP contribution in [0.3, 0.4) is 0 Å². The lowest BCUT2D eigenvalue weighted by Gasteiger charge is -2.27. The first-order valence-corrected chi connectivity index (χ1v) is 8.39. The molecule has 1 aliphatic heterocycles. The highest BCUT2D eigenvalue weighted by Crippen LogP contribution is 2.36. The van der Waals surface area contributed by atoms with Crippen LogP contribution in [-0.2, 0) is 4.74 Å². The molecule has 0 spiro atoms. The minimum atomic E-state index is -0.0815. The highest BCUT2D eigenvalue weighted by molar-refractivity contribution is 7.99. The van der Waals surface area contributed by atoms with Crippen LogP contribution in [0.25, 0.3) is 0 Å². The molecule has 1 aliphatic rings. The molecule has 7 heteroatoms. The van der Waals surface area contributed by atoms with Crippen LogP contribution >= 0.6 is 11.8 Å². The summed E-state index contributed by atoms with van der Waals surface area (Å²) in [5.74, 6) is 0. The molecule has 2 amide bonds. The molecule has 23 heavy (non-hydrogen) atoms. The molecule has 122 valence electrons. The van der Waals surface area contributed by atoms with E-state index in [1.54, 1.807) is 16.7 Å². The second-order valence-electron chi connectivity index (χ2n) is 5.39. The minimum absolute atomic E-state index is 0.0815. The molecule has 2 aromatic rings. The number of anilines is 1. The standard InChI is InChI=1S/C16H20N4O2S/c1-11-15(12(2)19-18-11)23-14-6-4-3-5-13(14)17-16(21)20-7-9-22-10-8-20/h3-6H,7-10H2,1-2H3,(H,17,21)(H,18,19). The summed E-state index contributed by atoms with van der Waals surface area (Å²) in [6, 6.07) is 7.74. The number of H-pyrrole nitrogens is 1. The SMILES string of the molecule is Cc1n[nH]c(C)c1Sc1ccccc1NC(=O)N1CCOCC1. The number of nitrogens with one attached hydrogen (secondary N) is 2. The number of amides is 2. The first kappa shape index (κ1) is 15.9. The van der Waals surface area contributed by atoms with Crippen LogP contribution in [0, 0.1) is 13.8 Å². The summed E-state index contributed by atoms with van der Waals surface area (Å²) >= 11 is 1.61. The van der Waals surface area contributed by atoms with E-state index < -0.39 is 0 Å². The predicted molar refractivity (Wildman–Crippen MR) is 90.0 cm³/mol. The molecule has 1 fully saturated rings. The van der Waals surface area contributed by atoms with E-state index >= 15 is 0 Å². The number of aromatic amines is 1. The molecular weight excluding hydrogens is 312 g/mol. The van der Waals surface area contributed by atoms with Crippen molar-refractivity contribution in [2.45, 2.75) is 23.6 Å². The smallest absolute Gasteiger partial charge is 0.322 e. The number of urea groups is 1. The molecule has 0 unspecified atom stereocenters. The van der Waals surface area contributed by atoms with Gasteiger partial charge in [-0.25, -0.2) is 4.79 Å². The Morgan fingerprint density at radius 1 is 1.30 bits per heavy atom. The summed E-state index contributed by atoms with van der Waals surface area (Å²) in [7, 11) is 0. The van der Waals surface area contributed by atoms with Crippen molar-refractivity contribution in [2.24, 2.45) is 0 Å². The molecule has 0 radical (unpaired) electrons. The Labute approximate surface area is 139 Å². The predicted octanol–water partition coefficient (Wildman–Crippen LogP) is 3.04. The van der Waals surface area contributed by atoms with Gasteiger partial charge in [0.05, 0.1) is 29.5 Å². The van der Waals surface area contributed by atoms with Gasteiger partial charge in [-0.1, -0.05) is 23.9 Å². The molecule has 2 N–H and O–H groups in total. The Balaban J connectivity index is 1.76. The van der Waals surface area contributed by atoms with Gasteiger partial charge >= 0.3 is 6.03 Å². The van der Waals surface area contributed by atoms with Crippen LogP contribution < -0.4 is 5.32 Å². The van der Waals surface area contributed by atoms with Gasteiger partial charge in [0.15, 0.2) is 0 Å². The summed E-state index contributed by atoms with van der Waals surface area (Å²) in [4.78, 5) is 16.3. The molecule has 0 saturated carbocycles. The first-order valence-electron chi connectivity index (χ1n) is 7.57. The van der Waals surface area contributed by atoms with Crippen molar-refractivity contribution in [1.82, 2.24) is 15.1 Å². The molecule has 1 aromatic heterocycles. The number of ether oxygens (including phenoxy) is 1. The second-order valence-corrected chi connectivity index (χ2v) is 6.44. The van der Waals surface area contributed by atoms with E-state index in [0.717, 1.165) is 26.9 Å². The van der Waals surface area contributed by atoms with Gasteiger partial charge in [-0.15, -0.1) is 0 Å². The highest BCUT2D eigenvalue weighted by atomic mass is 32.2. The summed E-state index contributed by atoms with van der Waals surface area (Å²) in [5.41, 5.74) is 2.80. The molecule has 1 saturated heterocycles. The van der Waals surface area contributed by atoms with E-state index in [0.29, 0.717) is 26.3 Å². The van der Waals surface area contributed by atoms with E-state index in [9.17, 15) is 4.79 Å². The van der Waals surface area contributed by atoms with Crippen molar-refractivity contribution in [3.63, 3.8) is 0 Å². The van der Waals surface area contributed by atoms with Crippen molar-refractivity contribution in [1.29, 1.82) is 0 Å². The van der Waals surface area contributed by atoms with Crippen LogP contribution in [-0.4, -0.2) is 47.4 Å². The van der Waals surface area contributed by atoms with Crippen LogP contribution in [0.1, 0.15) is 11.4 Å². The summed E-state index contributed by atoms with van der Waals surface area (Å²) in [6.07, 6.45) is 0. The summed E-state index contributed by atoms with van der Waals surface area (Å²) in [6.45, 7) is 6.41. The molecule has 3 rings (SSSR count). The number of carbonyl (C=O) groups excluding carboxylic acids is 1. The number of hydrogen-bond acceptors (Lipinski definition) is 4. The van der Waals surface area contributed by atoms with Crippen molar-refractivity contribution < 1.29 is 9.53 Å². The minimum Gasteiger partial charge on any atom is -0.378 e. The number of para-hydroxylation sites is 1. The number of benzene rings is 1. The van der Waals surface area contributed by atoms with Gasteiger partial charge in [0.2, 0.25) is 0 Å². The van der Waals surface area contributed by atoms with Crippen LogP contribution in [0.15, 0.2) is 34.1 Å². The van der Waals surface area contributed by atoms with Gasteiger partial charge in [0.1, 0.15) is 0 Å². The Bertz CT molecular complexity index is 676. The van der Waals surface area contributed by atoms with Crippen molar-refractivity contribution >= 4 is 23.5 Å². The number of rotatable bonds is 3. The Kier molecular flexibility index (Phi) is 4.88. The number of aryl methyl sites for hydroxylation is 2. The van der Waals surface area contributed by atoms with Gasteiger partial charge in [-0.05, 0) is 26.0 Å². The zero-order chi connectivity index (χ0) is 16.2. The van der Waals surface area contributed by atoms with Gasteiger partial charge in [-0.2, -0.15) is 5.10 Å². The molecule has 0 aliphatic carbocycles. The maximum Gasteiger partial charge on any atom is 0.322 e. The largest absolute Gasteiger partial charge is 0.378 e. The van der Waals surface area contributed by atoms with Gasteiger partial charge < -0.3 is 15.0 Å². The lowest BCUT2D eigenvalue weighted by Crippen LogP contribution is -2.43. The van der Waals surface area contributed by atoms with Crippen molar-refractivity contribution in [2.75, 3.05) is 31.6 Å². The zero-order valence-corrected chi connectivity index (χ0v) is 14.1. The monoisotopic (exact) mass is 332 g/mol. The summed E-state index contributed by atoms with van der Waals surface area (Å²) < 4.78 is 5.28. The van der Waals surface area contributed by atoms with E-state index in [1.165, 1.54) is 0 Å². The molecule has 6 nitrogen and oxygen atoms in total. The number of aromatic nitrogens is 2. The Morgan fingerprint density at radius 2 is 2.04 bits per heavy atom. The number of carbonyl (C=O) groups is 1. The lowest BCUT2D eigenvalue weighted by molar-refractivity contribution is 0.0564. The normalized spacial score (nSPS) is 14.8. The van der Waals surface area contributed by atoms with E-state index in [-0.39, 0.29) is 6.03 Å². The maximum atomic E-state index is 12.4. The van der Waals surface area contributed by atoms with Gasteiger partial charge in [0, 0.05) is 23.7 Å². The zero-order valence-electron chi connectivity index (χ0n) is 13.3.